The first kappa shape index (κ1) is 20.1. The molecule has 0 N–H and O–H groups in total. The Morgan fingerprint density at radius 2 is 1.72 bits per heavy atom. The van der Waals surface area contributed by atoms with E-state index in [1.165, 1.54) is 4.31 Å². The van der Waals surface area contributed by atoms with Gasteiger partial charge < -0.3 is 13.9 Å². The Hall–Kier alpha value is -2.20. The van der Waals surface area contributed by atoms with Gasteiger partial charge in [-0.15, -0.1) is 0 Å². The van der Waals surface area contributed by atoms with Crippen molar-refractivity contribution in [2.24, 2.45) is 0 Å². The molecule has 0 bridgehead atoms. The molecule has 2 aromatic carbocycles. The van der Waals surface area contributed by atoms with E-state index in [1.807, 2.05) is 24.3 Å². The highest BCUT2D eigenvalue weighted by Crippen LogP contribution is 2.23. The highest BCUT2D eigenvalue weighted by Gasteiger charge is 2.26. The van der Waals surface area contributed by atoms with Crippen LogP contribution < -0.4 is 4.74 Å². The quantitative estimate of drug-likeness (QED) is 0.537. The van der Waals surface area contributed by atoms with Crippen molar-refractivity contribution in [2.45, 2.75) is 11.5 Å². The van der Waals surface area contributed by atoms with Crippen LogP contribution in [0.4, 0.5) is 0 Å². The van der Waals surface area contributed by atoms with Crippen LogP contribution in [0.3, 0.4) is 0 Å². The standard InChI is InChI=1S/C20H19BrN2O5S/c21-16-3-1-15(2-4-16)20-22-17(14-28-20)13-27-18-5-7-19(8-6-18)29(24,25)23-9-11-26-12-10-23/h1-8,14H,9-13H2. The van der Waals surface area contributed by atoms with Crippen LogP contribution in [-0.2, 0) is 21.4 Å². The maximum absolute atomic E-state index is 12.6. The van der Waals surface area contributed by atoms with E-state index >= 15 is 0 Å². The number of halogens is 1. The van der Waals surface area contributed by atoms with Gasteiger partial charge in [-0.05, 0) is 48.5 Å². The molecule has 0 amide bonds. The largest absolute Gasteiger partial charge is 0.487 e. The van der Waals surface area contributed by atoms with E-state index < -0.39 is 10.0 Å². The fourth-order valence-electron chi connectivity index (χ4n) is 2.90. The number of benzene rings is 2. The molecule has 29 heavy (non-hydrogen) atoms. The molecule has 4 rings (SSSR count). The number of hydrogen-bond acceptors (Lipinski definition) is 6. The minimum Gasteiger partial charge on any atom is -0.487 e. The fraction of sp³-hybridized carbons (Fsp3) is 0.250. The Labute approximate surface area is 177 Å². The average molecular weight is 479 g/mol. The van der Waals surface area contributed by atoms with Gasteiger partial charge in [-0.25, -0.2) is 13.4 Å². The zero-order valence-corrected chi connectivity index (χ0v) is 17.9. The van der Waals surface area contributed by atoms with Gasteiger partial charge in [-0.1, -0.05) is 15.9 Å². The molecule has 1 aliphatic heterocycles. The monoisotopic (exact) mass is 478 g/mol. The zero-order chi connectivity index (χ0) is 20.3. The summed E-state index contributed by atoms with van der Waals surface area (Å²) >= 11 is 3.40. The van der Waals surface area contributed by atoms with Gasteiger partial charge in [-0.2, -0.15) is 4.31 Å². The van der Waals surface area contributed by atoms with Crippen LogP contribution in [0.1, 0.15) is 5.69 Å². The van der Waals surface area contributed by atoms with E-state index in [4.69, 9.17) is 13.9 Å². The minimum atomic E-state index is -3.51. The molecule has 1 fully saturated rings. The summed E-state index contributed by atoms with van der Waals surface area (Å²) in [5.74, 6) is 1.07. The van der Waals surface area contributed by atoms with Gasteiger partial charge in [0, 0.05) is 23.1 Å². The highest BCUT2D eigenvalue weighted by molar-refractivity contribution is 9.10. The summed E-state index contributed by atoms with van der Waals surface area (Å²) in [4.78, 5) is 4.66. The summed E-state index contributed by atoms with van der Waals surface area (Å²) < 4.78 is 44.1. The lowest BCUT2D eigenvalue weighted by atomic mass is 10.2. The van der Waals surface area contributed by atoms with Crippen LogP contribution in [0.2, 0.25) is 0 Å². The molecule has 0 radical (unpaired) electrons. The lowest BCUT2D eigenvalue weighted by Gasteiger charge is -2.26. The van der Waals surface area contributed by atoms with Gasteiger partial charge in [0.1, 0.15) is 24.3 Å². The van der Waals surface area contributed by atoms with Crippen LogP contribution in [0.25, 0.3) is 11.5 Å². The van der Waals surface area contributed by atoms with Gasteiger partial charge >= 0.3 is 0 Å². The van der Waals surface area contributed by atoms with Gasteiger partial charge in [0.25, 0.3) is 0 Å². The number of aromatic nitrogens is 1. The van der Waals surface area contributed by atoms with Gasteiger partial charge in [0.15, 0.2) is 0 Å². The van der Waals surface area contributed by atoms with Crippen molar-refractivity contribution in [3.63, 3.8) is 0 Å². The molecule has 152 valence electrons. The summed E-state index contributed by atoms with van der Waals surface area (Å²) in [6, 6.07) is 14.0. The second-order valence-corrected chi connectivity index (χ2v) is 9.28. The first-order valence-corrected chi connectivity index (χ1v) is 11.3. The third-order valence-corrected chi connectivity index (χ3v) is 6.90. The Morgan fingerprint density at radius 3 is 2.41 bits per heavy atom. The van der Waals surface area contributed by atoms with Gasteiger partial charge in [0.2, 0.25) is 15.9 Å². The molecule has 9 heteroatoms. The first-order chi connectivity index (χ1) is 14.0. The van der Waals surface area contributed by atoms with Crippen molar-refractivity contribution in [3.8, 4) is 17.2 Å². The number of oxazole rings is 1. The van der Waals surface area contributed by atoms with E-state index in [2.05, 4.69) is 20.9 Å². The second-order valence-electron chi connectivity index (χ2n) is 6.43. The number of morpholine rings is 1. The maximum atomic E-state index is 12.6. The first-order valence-electron chi connectivity index (χ1n) is 9.03. The van der Waals surface area contributed by atoms with E-state index in [9.17, 15) is 8.42 Å². The molecule has 0 saturated carbocycles. The van der Waals surface area contributed by atoms with Crippen LogP contribution in [-0.4, -0.2) is 44.0 Å². The minimum absolute atomic E-state index is 0.218. The maximum Gasteiger partial charge on any atom is 0.243 e. The number of ether oxygens (including phenoxy) is 2. The highest BCUT2D eigenvalue weighted by atomic mass is 79.9. The van der Waals surface area contributed by atoms with Crippen LogP contribution >= 0.6 is 15.9 Å². The van der Waals surface area contributed by atoms with Gasteiger partial charge in [0.05, 0.1) is 18.1 Å². The van der Waals surface area contributed by atoms with Crippen molar-refractivity contribution in [3.05, 3.63) is 65.0 Å². The molecule has 1 aromatic heterocycles. The van der Waals surface area contributed by atoms with Crippen molar-refractivity contribution in [1.82, 2.24) is 9.29 Å². The van der Waals surface area contributed by atoms with Crippen LogP contribution in [0.15, 0.2) is 68.6 Å². The van der Waals surface area contributed by atoms with Crippen molar-refractivity contribution >= 4 is 26.0 Å². The van der Waals surface area contributed by atoms with Crippen molar-refractivity contribution in [2.75, 3.05) is 26.3 Å². The molecule has 3 aromatic rings. The SMILES string of the molecule is O=S(=O)(c1ccc(OCc2coc(-c3ccc(Br)cc3)n2)cc1)N1CCOCC1. The lowest BCUT2D eigenvalue weighted by Crippen LogP contribution is -2.40. The van der Waals surface area contributed by atoms with E-state index in [-0.39, 0.29) is 11.5 Å². The molecular weight excluding hydrogens is 460 g/mol. The third kappa shape index (κ3) is 4.69. The number of rotatable bonds is 6. The van der Waals surface area contributed by atoms with Crippen molar-refractivity contribution in [1.29, 1.82) is 0 Å². The van der Waals surface area contributed by atoms with E-state index in [0.717, 1.165) is 10.0 Å². The predicted molar refractivity (Wildman–Crippen MR) is 110 cm³/mol. The van der Waals surface area contributed by atoms with Crippen LogP contribution in [0.5, 0.6) is 5.75 Å². The summed E-state index contributed by atoms with van der Waals surface area (Å²) in [6.07, 6.45) is 1.55. The molecule has 7 nitrogen and oxygen atoms in total. The van der Waals surface area contributed by atoms with Gasteiger partial charge in [-0.3, -0.25) is 0 Å². The van der Waals surface area contributed by atoms with Crippen LogP contribution in [0, 0.1) is 0 Å². The molecule has 2 heterocycles. The third-order valence-electron chi connectivity index (χ3n) is 4.46. The summed E-state index contributed by atoms with van der Waals surface area (Å²) in [6.45, 7) is 1.79. The molecule has 0 aliphatic carbocycles. The normalized spacial score (nSPS) is 15.3. The molecular formula is C20H19BrN2O5S. The molecule has 0 spiro atoms. The fourth-order valence-corrected chi connectivity index (χ4v) is 4.57. The molecule has 1 aliphatic rings. The van der Waals surface area contributed by atoms with E-state index in [0.29, 0.717) is 43.6 Å². The second kappa shape index (κ2) is 8.66. The topological polar surface area (TPSA) is 81.9 Å². The summed E-state index contributed by atoms with van der Waals surface area (Å²) in [5.41, 5.74) is 1.52. The molecule has 0 unspecified atom stereocenters. The number of hydrogen-bond donors (Lipinski definition) is 0. The van der Waals surface area contributed by atoms with E-state index in [1.54, 1.807) is 30.5 Å². The lowest BCUT2D eigenvalue weighted by molar-refractivity contribution is 0.0730. The Bertz CT molecular complexity index is 1060. The zero-order valence-electron chi connectivity index (χ0n) is 15.5. The Balaban J connectivity index is 1.39. The number of nitrogens with zero attached hydrogens (tertiary/aromatic N) is 2. The Kier molecular flexibility index (Phi) is 6.00. The average Bonchev–Trinajstić information content (AvgIpc) is 3.23. The van der Waals surface area contributed by atoms with Crippen molar-refractivity contribution < 1.29 is 22.3 Å². The summed E-state index contributed by atoms with van der Waals surface area (Å²) in [5, 5.41) is 0. The Morgan fingerprint density at radius 1 is 1.03 bits per heavy atom. The summed E-state index contributed by atoms with van der Waals surface area (Å²) in [7, 11) is -3.51. The predicted octanol–water partition coefficient (Wildman–Crippen LogP) is 3.70. The molecule has 1 saturated heterocycles. The number of sulfonamides is 1. The smallest absolute Gasteiger partial charge is 0.243 e. The molecule has 0 atom stereocenters.